The number of benzene rings is 1. The molecule has 0 saturated carbocycles. The van der Waals surface area contributed by atoms with E-state index in [0.29, 0.717) is 12.2 Å². The number of hydrogen-bond acceptors (Lipinski definition) is 4. The molecule has 2 aromatic rings. The van der Waals surface area contributed by atoms with Gasteiger partial charge in [0.1, 0.15) is 29.5 Å². The van der Waals surface area contributed by atoms with Crippen LogP contribution in [0.25, 0.3) is 6.08 Å². The highest BCUT2D eigenvalue weighted by Gasteiger charge is 2.38. The molecule has 1 aromatic carbocycles. The largest absolute Gasteiger partial charge is 0.446 e. The Bertz CT molecular complexity index is 881. The predicted molar refractivity (Wildman–Crippen MR) is 97.7 cm³/mol. The van der Waals surface area contributed by atoms with Crippen LogP contribution in [0.4, 0.5) is 8.78 Å². The topological polar surface area (TPSA) is 75.4 Å². The molecule has 2 amide bonds. The molecule has 28 heavy (non-hydrogen) atoms. The maximum absolute atomic E-state index is 13.8. The molecule has 0 radical (unpaired) electrons. The summed E-state index contributed by atoms with van der Waals surface area (Å²) in [4.78, 5) is 30.7. The minimum absolute atomic E-state index is 0.0865. The molecular formula is C20H21F2N3O3. The molecule has 1 fully saturated rings. The van der Waals surface area contributed by atoms with Crippen LogP contribution in [0.15, 0.2) is 41.3 Å². The summed E-state index contributed by atoms with van der Waals surface area (Å²) in [6, 6.07) is 1.95. The van der Waals surface area contributed by atoms with E-state index in [1.165, 1.54) is 35.7 Å². The van der Waals surface area contributed by atoms with Crippen molar-refractivity contribution in [2.45, 2.75) is 32.4 Å². The zero-order valence-corrected chi connectivity index (χ0v) is 15.6. The van der Waals surface area contributed by atoms with Gasteiger partial charge in [0, 0.05) is 24.3 Å². The quantitative estimate of drug-likeness (QED) is 0.798. The lowest BCUT2D eigenvalue weighted by Gasteiger charge is -2.38. The number of carbonyl (C=O) groups excluding carboxylic acids is 2. The number of aromatic nitrogens is 1. The van der Waals surface area contributed by atoms with Crippen LogP contribution < -0.4 is 5.32 Å². The second-order valence-electron chi connectivity index (χ2n) is 7.10. The third-order valence-corrected chi connectivity index (χ3v) is 4.52. The molecule has 1 N–H and O–H groups in total. The van der Waals surface area contributed by atoms with Gasteiger partial charge in [0.15, 0.2) is 6.39 Å². The van der Waals surface area contributed by atoms with Crippen molar-refractivity contribution in [3.63, 3.8) is 0 Å². The number of oxazole rings is 1. The van der Waals surface area contributed by atoms with Crippen molar-refractivity contribution in [2.75, 3.05) is 6.54 Å². The van der Waals surface area contributed by atoms with Crippen LogP contribution in [0.3, 0.4) is 0 Å². The van der Waals surface area contributed by atoms with Gasteiger partial charge in [-0.1, -0.05) is 13.8 Å². The fourth-order valence-electron chi connectivity index (χ4n) is 3.16. The van der Waals surface area contributed by atoms with Crippen molar-refractivity contribution in [3.8, 4) is 0 Å². The van der Waals surface area contributed by atoms with Gasteiger partial charge in [0.2, 0.25) is 11.8 Å². The number of rotatable bonds is 5. The van der Waals surface area contributed by atoms with Crippen molar-refractivity contribution in [2.24, 2.45) is 5.92 Å². The molecule has 1 aliphatic heterocycles. The van der Waals surface area contributed by atoms with E-state index in [1.54, 1.807) is 0 Å². The second-order valence-corrected chi connectivity index (χ2v) is 7.10. The second kappa shape index (κ2) is 8.33. The highest BCUT2D eigenvalue weighted by molar-refractivity contribution is 5.96. The van der Waals surface area contributed by atoms with Gasteiger partial charge in [-0.15, -0.1) is 0 Å². The van der Waals surface area contributed by atoms with Crippen LogP contribution in [0, 0.1) is 17.6 Å². The number of amides is 2. The third kappa shape index (κ3) is 4.44. The Hall–Kier alpha value is -3.03. The SMILES string of the molecule is CC(C)C[C@H]1C(=O)N[C@@H](c2cnco2)CN1C(=O)/C=C/c1ccc(F)cc1F. The fraction of sp³-hybridized carbons (Fsp3) is 0.350. The van der Waals surface area contributed by atoms with Crippen LogP contribution in [0.5, 0.6) is 0 Å². The zero-order chi connectivity index (χ0) is 20.3. The Morgan fingerprint density at radius 2 is 2.21 bits per heavy atom. The fourth-order valence-corrected chi connectivity index (χ4v) is 3.16. The Kier molecular flexibility index (Phi) is 5.87. The molecule has 1 aliphatic rings. The highest BCUT2D eigenvalue weighted by atomic mass is 19.1. The summed E-state index contributed by atoms with van der Waals surface area (Å²) in [5.74, 6) is -1.54. The molecule has 6 nitrogen and oxygen atoms in total. The van der Waals surface area contributed by atoms with Gasteiger partial charge in [0.05, 0.1) is 6.20 Å². The standard InChI is InChI=1S/C20H21F2N3O3/c1-12(2)7-17-20(27)24-16(18-9-23-11-28-18)10-25(17)19(26)6-4-13-3-5-14(21)8-15(13)22/h3-6,8-9,11-12,16-17H,7,10H2,1-2H3,(H,24,27)/b6-4+/t16-,17+/m1/s1. The number of halogens is 2. The number of piperazine rings is 1. The summed E-state index contributed by atoms with van der Waals surface area (Å²) < 4.78 is 32.1. The molecule has 2 atom stereocenters. The smallest absolute Gasteiger partial charge is 0.247 e. The van der Waals surface area contributed by atoms with Crippen LogP contribution in [-0.2, 0) is 9.59 Å². The predicted octanol–water partition coefficient (Wildman–Crippen LogP) is 3.08. The van der Waals surface area contributed by atoms with Gasteiger partial charge >= 0.3 is 0 Å². The summed E-state index contributed by atoms with van der Waals surface area (Å²) in [5, 5.41) is 2.86. The zero-order valence-electron chi connectivity index (χ0n) is 15.6. The van der Waals surface area contributed by atoms with E-state index >= 15 is 0 Å². The van der Waals surface area contributed by atoms with Crippen LogP contribution in [0.2, 0.25) is 0 Å². The van der Waals surface area contributed by atoms with E-state index in [0.717, 1.165) is 12.1 Å². The molecule has 0 aliphatic carbocycles. The first-order chi connectivity index (χ1) is 13.3. The summed E-state index contributed by atoms with van der Waals surface area (Å²) in [6.07, 6.45) is 5.70. The molecule has 0 spiro atoms. The first-order valence-corrected chi connectivity index (χ1v) is 8.97. The normalized spacial score (nSPS) is 20.0. The average Bonchev–Trinajstić information content (AvgIpc) is 3.16. The molecule has 0 bridgehead atoms. The molecule has 3 rings (SSSR count). The van der Waals surface area contributed by atoms with Gasteiger partial charge in [-0.3, -0.25) is 9.59 Å². The molecule has 1 saturated heterocycles. The van der Waals surface area contributed by atoms with E-state index in [9.17, 15) is 18.4 Å². The molecule has 1 aromatic heterocycles. The molecule has 2 heterocycles. The summed E-state index contributed by atoms with van der Waals surface area (Å²) >= 11 is 0. The number of nitrogens with one attached hydrogen (secondary N) is 1. The number of nitrogens with zero attached hydrogens (tertiary/aromatic N) is 2. The minimum Gasteiger partial charge on any atom is -0.446 e. The maximum Gasteiger partial charge on any atom is 0.247 e. The van der Waals surface area contributed by atoms with E-state index in [4.69, 9.17) is 4.42 Å². The highest BCUT2D eigenvalue weighted by Crippen LogP contribution is 2.24. The van der Waals surface area contributed by atoms with Crippen molar-refractivity contribution in [1.29, 1.82) is 0 Å². The minimum atomic E-state index is -0.765. The first kappa shape index (κ1) is 19.7. The first-order valence-electron chi connectivity index (χ1n) is 8.97. The number of hydrogen-bond donors (Lipinski definition) is 1. The molecule has 148 valence electrons. The summed E-state index contributed by atoms with van der Waals surface area (Å²) in [6.45, 7) is 4.12. The Morgan fingerprint density at radius 1 is 1.43 bits per heavy atom. The Labute approximate surface area is 161 Å². The van der Waals surface area contributed by atoms with Gasteiger partial charge in [0.25, 0.3) is 0 Å². The third-order valence-electron chi connectivity index (χ3n) is 4.52. The average molecular weight is 389 g/mol. The molecule has 0 unspecified atom stereocenters. The van der Waals surface area contributed by atoms with Crippen molar-refractivity contribution in [3.05, 3.63) is 59.8 Å². The van der Waals surface area contributed by atoms with Crippen molar-refractivity contribution in [1.82, 2.24) is 15.2 Å². The Balaban J connectivity index is 1.83. The van der Waals surface area contributed by atoms with Gasteiger partial charge < -0.3 is 14.6 Å². The van der Waals surface area contributed by atoms with Crippen LogP contribution in [-0.4, -0.2) is 34.3 Å². The van der Waals surface area contributed by atoms with E-state index < -0.39 is 29.6 Å². The van der Waals surface area contributed by atoms with Crippen molar-refractivity contribution >= 4 is 17.9 Å². The number of carbonyl (C=O) groups is 2. The summed E-state index contributed by atoms with van der Waals surface area (Å²) in [7, 11) is 0. The van der Waals surface area contributed by atoms with E-state index in [-0.39, 0.29) is 23.9 Å². The van der Waals surface area contributed by atoms with E-state index in [2.05, 4.69) is 10.3 Å². The monoisotopic (exact) mass is 389 g/mol. The lowest BCUT2D eigenvalue weighted by atomic mass is 9.97. The Morgan fingerprint density at radius 3 is 2.86 bits per heavy atom. The summed E-state index contributed by atoms with van der Waals surface area (Å²) in [5.41, 5.74) is 0.0865. The van der Waals surface area contributed by atoms with Gasteiger partial charge in [-0.05, 0) is 30.5 Å². The van der Waals surface area contributed by atoms with Gasteiger partial charge in [-0.25, -0.2) is 13.8 Å². The van der Waals surface area contributed by atoms with Gasteiger partial charge in [-0.2, -0.15) is 0 Å². The molecule has 8 heteroatoms. The lowest BCUT2D eigenvalue weighted by molar-refractivity contribution is -0.142. The van der Waals surface area contributed by atoms with Crippen LogP contribution >= 0.6 is 0 Å². The molecular weight excluding hydrogens is 368 g/mol. The van der Waals surface area contributed by atoms with Crippen molar-refractivity contribution < 1.29 is 22.8 Å². The maximum atomic E-state index is 13.8. The van der Waals surface area contributed by atoms with Crippen LogP contribution in [0.1, 0.15) is 37.6 Å². The lowest BCUT2D eigenvalue weighted by Crippen LogP contribution is -2.58. The van der Waals surface area contributed by atoms with E-state index in [1.807, 2.05) is 13.8 Å².